The van der Waals surface area contributed by atoms with Crippen LogP contribution in [0.3, 0.4) is 0 Å². The summed E-state index contributed by atoms with van der Waals surface area (Å²) in [7, 11) is 1.54. The molecule has 1 amide bonds. The van der Waals surface area contributed by atoms with Crippen LogP contribution in [0.15, 0.2) is 43.0 Å². The van der Waals surface area contributed by atoms with E-state index < -0.39 is 6.29 Å². The van der Waals surface area contributed by atoms with Gasteiger partial charge in [-0.05, 0) is 12.1 Å². The van der Waals surface area contributed by atoms with Crippen LogP contribution in [-0.4, -0.2) is 53.8 Å². The highest BCUT2D eigenvalue weighted by Gasteiger charge is 2.23. The van der Waals surface area contributed by atoms with E-state index in [0.717, 1.165) is 0 Å². The Morgan fingerprint density at radius 3 is 3.00 bits per heavy atom. The van der Waals surface area contributed by atoms with Gasteiger partial charge in [0.25, 0.3) is 5.91 Å². The topological polar surface area (TPSA) is 96.2 Å². The van der Waals surface area contributed by atoms with Crippen molar-refractivity contribution in [2.45, 2.75) is 6.29 Å². The Kier molecular flexibility index (Phi) is 5.36. The molecule has 0 saturated carbocycles. The van der Waals surface area contributed by atoms with Crippen molar-refractivity contribution < 1.29 is 23.7 Å². The summed E-state index contributed by atoms with van der Waals surface area (Å²) in [6, 6.07) is 5.26. The zero-order valence-electron chi connectivity index (χ0n) is 15.3. The molecular formula is C19H20N4O5. The second-order valence-electron chi connectivity index (χ2n) is 6.02. The minimum Gasteiger partial charge on any atom is -0.490 e. The number of fused-ring (bicyclic) bond motifs is 1. The third-order valence-corrected chi connectivity index (χ3v) is 4.27. The molecule has 28 heavy (non-hydrogen) atoms. The predicted molar refractivity (Wildman–Crippen MR) is 98.5 cm³/mol. The molecule has 146 valence electrons. The first kappa shape index (κ1) is 18.2. The fourth-order valence-corrected chi connectivity index (χ4v) is 2.94. The molecule has 4 heterocycles. The third kappa shape index (κ3) is 3.75. The smallest absolute Gasteiger partial charge is 0.255 e. The fourth-order valence-electron chi connectivity index (χ4n) is 2.94. The normalized spacial score (nSPS) is 14.3. The molecule has 0 bridgehead atoms. The van der Waals surface area contributed by atoms with Crippen molar-refractivity contribution in [3.63, 3.8) is 0 Å². The van der Waals surface area contributed by atoms with Gasteiger partial charge in [0.1, 0.15) is 18.0 Å². The summed E-state index contributed by atoms with van der Waals surface area (Å²) in [6.07, 6.45) is 6.33. The predicted octanol–water partition coefficient (Wildman–Crippen LogP) is 1.59. The lowest BCUT2D eigenvalue weighted by molar-refractivity contribution is -0.0459. The van der Waals surface area contributed by atoms with Gasteiger partial charge in [0.2, 0.25) is 5.88 Å². The molecule has 0 aromatic carbocycles. The van der Waals surface area contributed by atoms with Crippen LogP contribution >= 0.6 is 0 Å². The van der Waals surface area contributed by atoms with Crippen molar-refractivity contribution in [3.05, 3.63) is 54.1 Å². The van der Waals surface area contributed by atoms with E-state index in [0.29, 0.717) is 48.2 Å². The average Bonchev–Trinajstić information content (AvgIpc) is 3.42. The summed E-state index contributed by atoms with van der Waals surface area (Å²) >= 11 is 0. The number of aromatic nitrogens is 3. The Bertz CT molecular complexity index is 968. The van der Waals surface area contributed by atoms with Crippen LogP contribution in [0.25, 0.3) is 5.65 Å². The van der Waals surface area contributed by atoms with Crippen molar-refractivity contribution in [2.75, 3.05) is 33.5 Å². The molecule has 9 nitrogen and oxygen atoms in total. The second kappa shape index (κ2) is 8.24. The lowest BCUT2D eigenvalue weighted by Crippen LogP contribution is -2.28. The number of carbonyl (C=O) groups is 1. The molecule has 1 fully saturated rings. The van der Waals surface area contributed by atoms with Gasteiger partial charge in [-0.1, -0.05) is 0 Å². The Balaban J connectivity index is 1.37. The van der Waals surface area contributed by atoms with Crippen LogP contribution in [0.1, 0.15) is 22.2 Å². The van der Waals surface area contributed by atoms with Crippen molar-refractivity contribution in [1.29, 1.82) is 0 Å². The molecule has 1 aliphatic rings. The SMILES string of the molecule is COc1cc(C2OCCO2)c(OCCNC(=O)c2cccn3ccnc23)cn1. The molecule has 1 aliphatic heterocycles. The maximum atomic E-state index is 12.4. The standard InChI is InChI=1S/C19H20N4O5/c1-25-16-11-14(19-27-9-10-28-19)15(12-22-16)26-8-5-21-18(24)13-3-2-6-23-7-4-20-17(13)23/h2-4,6-7,11-12,19H,5,8-10H2,1H3,(H,21,24). The molecular weight excluding hydrogens is 364 g/mol. The molecule has 1 N–H and O–H groups in total. The van der Waals surface area contributed by atoms with Gasteiger partial charge in [-0.3, -0.25) is 4.79 Å². The quantitative estimate of drug-likeness (QED) is 0.618. The number of amides is 1. The number of carbonyl (C=O) groups excluding carboxylic acids is 1. The Morgan fingerprint density at radius 1 is 1.32 bits per heavy atom. The largest absolute Gasteiger partial charge is 0.490 e. The number of hydrogen-bond acceptors (Lipinski definition) is 7. The van der Waals surface area contributed by atoms with Gasteiger partial charge in [0.15, 0.2) is 6.29 Å². The minimum atomic E-state index is -0.514. The summed E-state index contributed by atoms with van der Waals surface area (Å²) in [5.41, 5.74) is 1.82. The van der Waals surface area contributed by atoms with Gasteiger partial charge < -0.3 is 28.7 Å². The summed E-state index contributed by atoms with van der Waals surface area (Å²) in [5, 5.41) is 2.84. The first-order valence-corrected chi connectivity index (χ1v) is 8.86. The summed E-state index contributed by atoms with van der Waals surface area (Å²) < 4.78 is 23.8. The van der Waals surface area contributed by atoms with Crippen LogP contribution < -0.4 is 14.8 Å². The average molecular weight is 384 g/mol. The van der Waals surface area contributed by atoms with Crippen molar-refractivity contribution >= 4 is 11.6 Å². The highest BCUT2D eigenvalue weighted by atomic mass is 16.7. The van der Waals surface area contributed by atoms with Crippen LogP contribution in [0.5, 0.6) is 11.6 Å². The van der Waals surface area contributed by atoms with Gasteiger partial charge in [-0.2, -0.15) is 0 Å². The molecule has 9 heteroatoms. The summed E-state index contributed by atoms with van der Waals surface area (Å²) in [4.78, 5) is 20.8. The van der Waals surface area contributed by atoms with Gasteiger partial charge in [-0.15, -0.1) is 0 Å². The minimum absolute atomic E-state index is 0.212. The highest BCUT2D eigenvalue weighted by Crippen LogP contribution is 2.32. The maximum absolute atomic E-state index is 12.4. The zero-order chi connectivity index (χ0) is 19.3. The van der Waals surface area contributed by atoms with Crippen LogP contribution in [-0.2, 0) is 9.47 Å². The molecule has 0 atom stereocenters. The first-order chi connectivity index (χ1) is 13.8. The lowest BCUT2D eigenvalue weighted by Gasteiger charge is -2.16. The van der Waals surface area contributed by atoms with Gasteiger partial charge in [0, 0.05) is 24.7 Å². The summed E-state index contributed by atoms with van der Waals surface area (Å²) in [5.74, 6) is 0.760. The van der Waals surface area contributed by atoms with E-state index in [-0.39, 0.29) is 12.5 Å². The number of ether oxygens (including phenoxy) is 4. The number of hydrogen-bond donors (Lipinski definition) is 1. The monoisotopic (exact) mass is 384 g/mol. The number of nitrogens with one attached hydrogen (secondary N) is 1. The van der Waals surface area contributed by atoms with Crippen molar-refractivity contribution in [3.8, 4) is 11.6 Å². The molecule has 4 rings (SSSR count). The van der Waals surface area contributed by atoms with Crippen molar-refractivity contribution in [2.24, 2.45) is 0 Å². The molecule has 3 aromatic heterocycles. The third-order valence-electron chi connectivity index (χ3n) is 4.27. The number of rotatable bonds is 7. The van der Waals surface area contributed by atoms with Crippen molar-refractivity contribution in [1.82, 2.24) is 19.7 Å². The van der Waals surface area contributed by atoms with Gasteiger partial charge >= 0.3 is 0 Å². The lowest BCUT2D eigenvalue weighted by atomic mass is 10.2. The van der Waals surface area contributed by atoms with E-state index in [1.54, 1.807) is 48.3 Å². The number of imidazole rings is 1. The maximum Gasteiger partial charge on any atom is 0.255 e. The van der Waals surface area contributed by atoms with E-state index in [9.17, 15) is 4.79 Å². The highest BCUT2D eigenvalue weighted by molar-refractivity contribution is 5.99. The van der Waals surface area contributed by atoms with E-state index in [2.05, 4.69) is 15.3 Å². The number of pyridine rings is 2. The Morgan fingerprint density at radius 2 is 2.18 bits per heavy atom. The molecule has 0 spiro atoms. The fraction of sp³-hybridized carbons (Fsp3) is 0.316. The first-order valence-electron chi connectivity index (χ1n) is 8.86. The van der Waals surface area contributed by atoms with Gasteiger partial charge in [0.05, 0.1) is 44.2 Å². The molecule has 0 aliphatic carbocycles. The summed E-state index contributed by atoms with van der Waals surface area (Å²) in [6.45, 7) is 1.61. The van der Waals surface area contributed by atoms with E-state index >= 15 is 0 Å². The second-order valence-corrected chi connectivity index (χ2v) is 6.02. The van der Waals surface area contributed by atoms with E-state index in [4.69, 9.17) is 18.9 Å². The molecule has 0 radical (unpaired) electrons. The van der Waals surface area contributed by atoms with Crippen LogP contribution in [0.4, 0.5) is 0 Å². The van der Waals surface area contributed by atoms with E-state index in [1.807, 2.05) is 6.20 Å². The molecule has 0 unspecified atom stereocenters. The van der Waals surface area contributed by atoms with Gasteiger partial charge in [-0.25, -0.2) is 9.97 Å². The van der Waals surface area contributed by atoms with E-state index in [1.165, 1.54) is 0 Å². The number of methoxy groups -OCH3 is 1. The Hall–Kier alpha value is -3.17. The Labute approximate surface area is 161 Å². The van der Waals surface area contributed by atoms with Crippen LogP contribution in [0, 0.1) is 0 Å². The zero-order valence-corrected chi connectivity index (χ0v) is 15.3. The van der Waals surface area contributed by atoms with Crippen LogP contribution in [0.2, 0.25) is 0 Å². The molecule has 3 aromatic rings. The number of nitrogens with zero attached hydrogens (tertiary/aromatic N) is 3. The molecule has 1 saturated heterocycles.